The van der Waals surface area contributed by atoms with E-state index in [4.69, 9.17) is 0 Å². The number of hydrogen-bond donors (Lipinski definition) is 0. The summed E-state index contributed by atoms with van der Waals surface area (Å²) < 4.78 is 0. The van der Waals surface area contributed by atoms with Gasteiger partial charge in [0.1, 0.15) is 0 Å². The molecule has 1 saturated carbocycles. The van der Waals surface area contributed by atoms with Gasteiger partial charge in [-0.3, -0.25) is 4.90 Å². The molecule has 0 radical (unpaired) electrons. The highest BCUT2D eigenvalue weighted by Crippen LogP contribution is 2.23. The molecule has 3 nitrogen and oxygen atoms in total. The van der Waals surface area contributed by atoms with Crippen molar-refractivity contribution in [2.45, 2.75) is 32.1 Å². The monoisotopic (exact) mass is 208 g/mol. The van der Waals surface area contributed by atoms with Gasteiger partial charge in [-0.2, -0.15) is 0 Å². The summed E-state index contributed by atoms with van der Waals surface area (Å²) in [5.41, 5.74) is 1.36. The van der Waals surface area contributed by atoms with Gasteiger partial charge in [0, 0.05) is 26.5 Å². The Morgan fingerprint density at radius 3 is 2.33 bits per heavy atom. The summed E-state index contributed by atoms with van der Waals surface area (Å²) in [4.78, 5) is 14.8. The zero-order valence-electron chi connectivity index (χ0n) is 9.70. The summed E-state index contributed by atoms with van der Waals surface area (Å²) in [6.45, 7) is 3.66. The zero-order valence-corrected chi connectivity index (χ0v) is 9.70. The lowest BCUT2D eigenvalue weighted by molar-refractivity contribution is 0.200. The van der Waals surface area contributed by atoms with Crippen molar-refractivity contribution in [1.29, 1.82) is 0 Å². The number of amides is 2. The molecule has 0 aromatic rings. The van der Waals surface area contributed by atoms with Crippen LogP contribution in [0.5, 0.6) is 0 Å². The van der Waals surface area contributed by atoms with E-state index in [1.165, 1.54) is 24.8 Å². The Morgan fingerprint density at radius 1 is 1.27 bits per heavy atom. The number of carbonyl (C=O) groups is 1. The van der Waals surface area contributed by atoms with Crippen LogP contribution in [0.2, 0.25) is 0 Å². The van der Waals surface area contributed by atoms with E-state index >= 15 is 0 Å². The molecule has 1 fully saturated rings. The molecule has 0 spiro atoms. The van der Waals surface area contributed by atoms with Crippen molar-refractivity contribution >= 4 is 6.03 Å². The van der Waals surface area contributed by atoms with Gasteiger partial charge in [-0.1, -0.05) is 18.6 Å². The van der Waals surface area contributed by atoms with Crippen LogP contribution in [-0.2, 0) is 0 Å². The summed E-state index contributed by atoms with van der Waals surface area (Å²) in [6.07, 6.45) is 9.54. The highest BCUT2D eigenvalue weighted by molar-refractivity contribution is 5.76. The van der Waals surface area contributed by atoms with E-state index < -0.39 is 0 Å². The second-order valence-corrected chi connectivity index (χ2v) is 4.11. The molecule has 0 aliphatic heterocycles. The first-order valence-corrected chi connectivity index (χ1v) is 5.47. The minimum Gasteiger partial charge on any atom is -0.330 e. The van der Waals surface area contributed by atoms with Crippen molar-refractivity contribution < 1.29 is 4.79 Å². The minimum atomic E-state index is -0.0388. The maximum atomic E-state index is 11.7. The summed E-state index contributed by atoms with van der Waals surface area (Å²) in [5.74, 6) is 0. The number of rotatable bonds is 2. The Hall–Kier alpha value is -1.25. The Labute approximate surface area is 92.0 Å². The van der Waals surface area contributed by atoms with E-state index in [1.54, 1.807) is 30.1 Å². The first-order chi connectivity index (χ1) is 7.15. The molecule has 3 heteroatoms. The van der Waals surface area contributed by atoms with Crippen LogP contribution >= 0.6 is 0 Å². The van der Waals surface area contributed by atoms with Gasteiger partial charge in [-0.25, -0.2) is 4.79 Å². The average molecular weight is 208 g/mol. The van der Waals surface area contributed by atoms with Gasteiger partial charge < -0.3 is 4.90 Å². The standard InChI is InChI=1S/C12H20N2O/c1-4-14(12(15)13(2)3)10-11-8-6-5-7-9-11/h4,10H,1,5-9H2,2-3H3. The molecule has 0 aromatic heterocycles. The van der Waals surface area contributed by atoms with Crippen molar-refractivity contribution in [3.8, 4) is 0 Å². The second kappa shape index (κ2) is 5.59. The van der Waals surface area contributed by atoms with Crippen LogP contribution in [0.3, 0.4) is 0 Å². The van der Waals surface area contributed by atoms with Crippen LogP contribution in [0.25, 0.3) is 0 Å². The molecule has 84 valence electrons. The molecular weight excluding hydrogens is 188 g/mol. The predicted octanol–water partition coefficient (Wildman–Crippen LogP) is 2.96. The smallest absolute Gasteiger partial charge is 0.327 e. The number of urea groups is 1. The minimum absolute atomic E-state index is 0.0388. The van der Waals surface area contributed by atoms with Gasteiger partial charge in [0.15, 0.2) is 0 Å². The Bertz CT molecular complexity index is 261. The third-order valence-corrected chi connectivity index (χ3v) is 2.62. The van der Waals surface area contributed by atoms with Crippen molar-refractivity contribution in [3.05, 3.63) is 24.6 Å². The molecular formula is C12H20N2O. The highest BCUT2D eigenvalue weighted by atomic mass is 16.2. The second-order valence-electron chi connectivity index (χ2n) is 4.11. The maximum absolute atomic E-state index is 11.7. The molecule has 1 aliphatic carbocycles. The maximum Gasteiger partial charge on any atom is 0.327 e. The molecule has 0 heterocycles. The highest BCUT2D eigenvalue weighted by Gasteiger charge is 2.12. The Balaban J connectivity index is 2.66. The van der Waals surface area contributed by atoms with Gasteiger partial charge in [0.05, 0.1) is 0 Å². The fourth-order valence-corrected chi connectivity index (χ4v) is 1.75. The average Bonchev–Trinajstić information content (AvgIpc) is 2.26. The zero-order chi connectivity index (χ0) is 11.3. The summed E-state index contributed by atoms with van der Waals surface area (Å²) in [6, 6.07) is -0.0388. The van der Waals surface area contributed by atoms with Gasteiger partial charge in [0.2, 0.25) is 0 Å². The summed E-state index contributed by atoms with van der Waals surface area (Å²) in [7, 11) is 3.50. The van der Waals surface area contributed by atoms with Crippen LogP contribution in [0.15, 0.2) is 24.6 Å². The molecule has 0 N–H and O–H groups in total. The number of nitrogens with zero attached hydrogens (tertiary/aromatic N) is 2. The quantitative estimate of drug-likeness (QED) is 0.684. The normalized spacial score (nSPS) is 15.7. The molecule has 1 rings (SSSR count). The van der Waals surface area contributed by atoms with E-state index in [1.807, 2.05) is 6.20 Å². The van der Waals surface area contributed by atoms with Crippen molar-refractivity contribution in [2.24, 2.45) is 0 Å². The SMILES string of the molecule is C=CN(C=C1CCCCC1)C(=O)N(C)C. The molecule has 0 atom stereocenters. The molecule has 0 saturated heterocycles. The Morgan fingerprint density at radius 2 is 1.87 bits per heavy atom. The summed E-state index contributed by atoms with van der Waals surface area (Å²) >= 11 is 0. The van der Waals surface area contributed by atoms with Crippen LogP contribution in [-0.4, -0.2) is 29.9 Å². The fourth-order valence-electron chi connectivity index (χ4n) is 1.75. The molecule has 0 aromatic carbocycles. The number of hydrogen-bond acceptors (Lipinski definition) is 1. The van der Waals surface area contributed by atoms with E-state index in [0.29, 0.717) is 0 Å². The molecule has 2 amide bonds. The lowest BCUT2D eigenvalue weighted by Crippen LogP contribution is -2.32. The lowest BCUT2D eigenvalue weighted by atomic mass is 9.96. The fraction of sp³-hybridized carbons (Fsp3) is 0.583. The van der Waals surface area contributed by atoms with Crippen LogP contribution in [0, 0.1) is 0 Å². The van der Waals surface area contributed by atoms with Crippen LogP contribution in [0.4, 0.5) is 4.79 Å². The third kappa shape index (κ3) is 3.42. The largest absolute Gasteiger partial charge is 0.330 e. The molecule has 1 aliphatic rings. The topological polar surface area (TPSA) is 23.6 Å². The number of carbonyl (C=O) groups excluding carboxylic acids is 1. The van der Waals surface area contributed by atoms with Crippen molar-refractivity contribution in [1.82, 2.24) is 9.80 Å². The first-order valence-electron chi connectivity index (χ1n) is 5.47. The predicted molar refractivity (Wildman–Crippen MR) is 62.3 cm³/mol. The van der Waals surface area contributed by atoms with Crippen molar-refractivity contribution in [3.63, 3.8) is 0 Å². The van der Waals surface area contributed by atoms with Gasteiger partial charge in [-0.15, -0.1) is 0 Å². The van der Waals surface area contributed by atoms with Gasteiger partial charge >= 0.3 is 6.03 Å². The molecule has 0 unspecified atom stereocenters. The van der Waals surface area contributed by atoms with Crippen LogP contribution in [0.1, 0.15) is 32.1 Å². The molecule has 15 heavy (non-hydrogen) atoms. The first kappa shape index (κ1) is 11.8. The van der Waals surface area contributed by atoms with Crippen LogP contribution < -0.4 is 0 Å². The van der Waals surface area contributed by atoms with E-state index in [2.05, 4.69) is 6.58 Å². The van der Waals surface area contributed by atoms with Crippen molar-refractivity contribution in [2.75, 3.05) is 14.1 Å². The third-order valence-electron chi connectivity index (χ3n) is 2.62. The Kier molecular flexibility index (Phi) is 4.40. The van der Waals surface area contributed by atoms with Gasteiger partial charge in [-0.05, 0) is 25.7 Å². The molecule has 0 bridgehead atoms. The lowest BCUT2D eigenvalue weighted by Gasteiger charge is -2.22. The summed E-state index contributed by atoms with van der Waals surface area (Å²) in [5, 5.41) is 0. The van der Waals surface area contributed by atoms with E-state index in [-0.39, 0.29) is 6.03 Å². The van der Waals surface area contributed by atoms with E-state index in [0.717, 1.165) is 12.8 Å². The number of allylic oxidation sites excluding steroid dienone is 1. The van der Waals surface area contributed by atoms with E-state index in [9.17, 15) is 4.79 Å². The van der Waals surface area contributed by atoms with Gasteiger partial charge in [0.25, 0.3) is 0 Å².